The summed E-state index contributed by atoms with van der Waals surface area (Å²) in [4.78, 5) is 139. The number of guanidine groups is 6. The highest BCUT2D eigenvalue weighted by molar-refractivity contribution is 5.98. The lowest BCUT2D eigenvalue weighted by Crippen LogP contribution is -2.61. The Morgan fingerprint density at radius 1 is 0.440 bits per heavy atom. The van der Waals surface area contributed by atoms with E-state index in [9.17, 15) is 53.1 Å². The maximum absolute atomic E-state index is 14.7. The number of rotatable bonds is 45. The molecule has 1 aliphatic rings. The third-order valence-electron chi connectivity index (χ3n) is 14.3. The lowest BCUT2D eigenvalue weighted by molar-refractivity contribution is -0.149. The van der Waals surface area contributed by atoms with Crippen LogP contribution in [0.5, 0.6) is 0 Å². The first kappa shape index (κ1) is 79.3. The first-order valence-electron chi connectivity index (χ1n) is 30.1. The predicted molar refractivity (Wildman–Crippen MR) is 337 cm³/mol. The lowest BCUT2D eigenvalue weighted by atomic mass is 9.96. The molecular weight excluding hydrogens is 1190 g/mol. The van der Waals surface area contributed by atoms with E-state index in [1.807, 2.05) is 0 Å². The van der Waals surface area contributed by atoms with Crippen LogP contribution in [-0.4, -0.2) is 205 Å². The van der Waals surface area contributed by atoms with Gasteiger partial charge in [0, 0.05) is 52.2 Å². The van der Waals surface area contributed by atoms with Crippen LogP contribution in [0.1, 0.15) is 123 Å². The predicted octanol–water partition coefficient (Wildman–Crippen LogP) is -8.33. The third-order valence-corrected chi connectivity index (χ3v) is 14.3. The summed E-state index contributed by atoms with van der Waals surface area (Å²) in [5.74, 6) is -12.0. The number of aliphatic carboxylic acids is 1. The number of hydrogen-bond acceptors (Lipinski definition) is 17. The largest absolute Gasteiger partial charge is 0.480 e. The van der Waals surface area contributed by atoms with Crippen LogP contribution in [0.2, 0.25) is 0 Å². The Labute approximate surface area is 527 Å². The van der Waals surface area contributed by atoms with Crippen molar-refractivity contribution in [2.24, 2.45) is 51.8 Å². The van der Waals surface area contributed by atoms with Gasteiger partial charge in [-0.1, -0.05) is 20.3 Å². The van der Waals surface area contributed by atoms with Gasteiger partial charge >= 0.3 is 5.97 Å². The molecule has 0 aromatic rings. The van der Waals surface area contributed by atoms with Gasteiger partial charge in [-0.2, -0.15) is 0 Å². The summed E-state index contributed by atoms with van der Waals surface area (Å²) in [5, 5.41) is 89.2. The molecule has 9 amide bonds. The highest BCUT2D eigenvalue weighted by Crippen LogP contribution is 2.20. The van der Waals surface area contributed by atoms with Crippen molar-refractivity contribution in [1.29, 1.82) is 32.5 Å². The SMILES string of the molecule is CC[C@H](C)[C@H](NC(=O)[C@H](CCCNC(=N)N)NC(=O)[C@H](CCCNC(=N)N)NC(=O)[C@@H](N)CCCNC(=N)N)C(=O)N[C@@H](CCCNC(=N)N)C(=O)N[C@@H](CCCNC(=N)N)C(=O)N[C@@H](CCCNC(=N)N)C(=O)N[C@@H](CCC(N)=O)C(=O)N1CCC[C@H]1C(=O)O. The van der Waals surface area contributed by atoms with Gasteiger partial charge in [0.25, 0.3) is 0 Å². The van der Waals surface area contributed by atoms with Crippen LogP contribution in [0.25, 0.3) is 0 Å². The summed E-state index contributed by atoms with van der Waals surface area (Å²) in [7, 11) is 0. The van der Waals surface area contributed by atoms with E-state index in [1.165, 1.54) is 0 Å². The number of nitrogens with two attached hydrogens (primary N) is 8. The summed E-state index contributed by atoms with van der Waals surface area (Å²) in [6, 6.07) is -12.5. The van der Waals surface area contributed by atoms with Gasteiger partial charge in [-0.3, -0.25) is 75.6 Å². The van der Waals surface area contributed by atoms with E-state index in [4.69, 9.17) is 78.3 Å². The number of carbonyl (C=O) groups excluding carboxylic acids is 9. The van der Waals surface area contributed by atoms with Crippen molar-refractivity contribution >= 4 is 94.9 Å². The molecule has 91 heavy (non-hydrogen) atoms. The zero-order chi connectivity index (χ0) is 68.8. The summed E-state index contributed by atoms with van der Waals surface area (Å²) >= 11 is 0. The van der Waals surface area contributed by atoms with Crippen LogP contribution >= 0.6 is 0 Å². The van der Waals surface area contributed by atoms with E-state index in [0.717, 1.165) is 4.90 Å². The van der Waals surface area contributed by atoms with Gasteiger partial charge in [0.05, 0.1) is 6.04 Å². The number of amides is 9. The molecule has 39 heteroatoms. The average molecular weight is 1290 g/mol. The molecule has 1 fully saturated rings. The Kier molecular flexibility index (Phi) is 37.5. The molecule has 1 saturated heterocycles. The fourth-order valence-corrected chi connectivity index (χ4v) is 9.28. The fraction of sp³-hybridized carbons (Fsp3) is 0.692. The maximum Gasteiger partial charge on any atom is 0.326 e. The van der Waals surface area contributed by atoms with Gasteiger partial charge in [-0.05, 0) is 102 Å². The maximum atomic E-state index is 14.7. The zero-order valence-corrected chi connectivity index (χ0v) is 51.8. The van der Waals surface area contributed by atoms with Crippen molar-refractivity contribution in [2.45, 2.75) is 177 Å². The highest BCUT2D eigenvalue weighted by Gasteiger charge is 2.40. The number of carboxylic acids is 1. The van der Waals surface area contributed by atoms with Crippen molar-refractivity contribution in [3.63, 3.8) is 0 Å². The molecule has 10 atom stereocenters. The number of likely N-dealkylation sites (tertiary alicyclic amines) is 1. The smallest absolute Gasteiger partial charge is 0.326 e. The fourth-order valence-electron chi connectivity index (χ4n) is 9.28. The second-order valence-corrected chi connectivity index (χ2v) is 21.8. The molecule has 0 radical (unpaired) electrons. The number of carbonyl (C=O) groups is 10. The Morgan fingerprint density at radius 3 is 1.04 bits per heavy atom. The lowest BCUT2D eigenvalue weighted by Gasteiger charge is -2.30. The van der Waals surface area contributed by atoms with E-state index in [0.29, 0.717) is 12.8 Å². The first-order valence-corrected chi connectivity index (χ1v) is 30.1. The van der Waals surface area contributed by atoms with Crippen molar-refractivity contribution in [1.82, 2.24) is 74.0 Å². The molecule has 0 unspecified atom stereocenters. The van der Waals surface area contributed by atoms with Crippen LogP contribution < -0.4 is 115 Å². The quantitative estimate of drug-likeness (QED) is 0.0153. The summed E-state index contributed by atoms with van der Waals surface area (Å²) < 4.78 is 0. The Bertz CT molecular complexity index is 2510. The van der Waals surface area contributed by atoms with Gasteiger partial charge in [-0.25, -0.2) is 4.79 Å². The van der Waals surface area contributed by atoms with Gasteiger partial charge in [0.2, 0.25) is 53.2 Å². The minimum atomic E-state index is -1.52. The van der Waals surface area contributed by atoms with Crippen molar-refractivity contribution in [3.05, 3.63) is 0 Å². The molecule has 0 spiro atoms. The molecule has 39 nitrogen and oxygen atoms in total. The second kappa shape index (κ2) is 43.0. The normalized spacial score (nSPS) is 15.4. The number of hydrogen-bond donors (Lipinski definition) is 28. The second-order valence-electron chi connectivity index (χ2n) is 21.8. The van der Waals surface area contributed by atoms with E-state index in [2.05, 4.69) is 69.1 Å². The van der Waals surface area contributed by atoms with Gasteiger partial charge in [0.15, 0.2) is 35.8 Å². The molecule has 1 aliphatic heterocycles. The van der Waals surface area contributed by atoms with E-state index in [1.54, 1.807) is 13.8 Å². The monoisotopic (exact) mass is 1290 g/mol. The standard InChI is InChI=1S/C52H100N28O11/c1-3-27(2)37(79-43(87)33(16-9-25-72-52(65)66)76-39(83)29(12-5-21-68-48(57)58)73-38(82)28(53)11-4-20-67-47(55)56)44(88)77-32(15-8-24-71-51(63)64)41(85)74-30(13-6-22-69-49(59)60)40(84)75-31(14-7-23-70-50(61)62)42(86)78-34(18-19-36(54)81)45(89)80-26-10-17-35(80)46(90)91/h27-35,37H,3-26,53H2,1-2H3,(H2,54,81)(H,73,82)(H,74,85)(H,75,84)(H,76,83)(H,77,88)(H,78,86)(H,79,87)(H,90,91)(H4,55,56,67)(H4,57,58,68)(H4,59,60,69)(H4,61,62,70)(H4,63,64,71)(H4,65,66,72)/t27-,28-,29-,30-,31-,32-,33-,34-,35-,37-/m0/s1. The number of carboxylic acid groups (broad SMARTS) is 1. The highest BCUT2D eigenvalue weighted by atomic mass is 16.4. The van der Waals surface area contributed by atoms with Crippen molar-refractivity contribution in [3.8, 4) is 0 Å². The van der Waals surface area contributed by atoms with E-state index in [-0.39, 0.29) is 154 Å². The molecule has 1 heterocycles. The van der Waals surface area contributed by atoms with E-state index >= 15 is 0 Å². The van der Waals surface area contributed by atoms with Gasteiger partial charge < -0.3 is 125 Å². The molecule has 36 N–H and O–H groups in total. The minimum Gasteiger partial charge on any atom is -0.480 e. The number of primary amides is 1. The van der Waals surface area contributed by atoms with Crippen LogP contribution in [-0.2, 0) is 47.9 Å². The Hall–Kier alpha value is -9.72. The average Bonchev–Trinajstić information content (AvgIpc) is 2.05. The summed E-state index contributed by atoms with van der Waals surface area (Å²) in [5.41, 5.74) is 44.3. The van der Waals surface area contributed by atoms with E-state index < -0.39 is 144 Å². The van der Waals surface area contributed by atoms with Crippen LogP contribution in [0, 0.1) is 38.4 Å². The zero-order valence-electron chi connectivity index (χ0n) is 51.8. The molecule has 0 aromatic heterocycles. The topological polar surface area (TPSA) is 702 Å². The summed E-state index contributed by atoms with van der Waals surface area (Å²) in [6.07, 6.45) is 0.291. The molecule has 0 bridgehead atoms. The molecule has 514 valence electrons. The molecule has 0 aromatic carbocycles. The van der Waals surface area contributed by atoms with Crippen molar-refractivity contribution < 1.29 is 53.1 Å². The number of nitrogens with zero attached hydrogens (tertiary/aromatic N) is 1. The van der Waals surface area contributed by atoms with Gasteiger partial charge in [0.1, 0.15) is 48.3 Å². The Morgan fingerprint density at radius 2 is 0.736 bits per heavy atom. The van der Waals surface area contributed by atoms with Crippen LogP contribution in [0.4, 0.5) is 0 Å². The van der Waals surface area contributed by atoms with Crippen LogP contribution in [0.3, 0.4) is 0 Å². The molecular formula is C52H100N28O11. The number of nitrogens with one attached hydrogen (secondary N) is 19. The van der Waals surface area contributed by atoms with Crippen LogP contribution in [0.15, 0.2) is 0 Å². The molecule has 0 aliphatic carbocycles. The minimum absolute atomic E-state index is 0.0130. The Balaban J connectivity index is 3.80. The third kappa shape index (κ3) is 33.4. The first-order chi connectivity index (χ1) is 42.9. The van der Waals surface area contributed by atoms with Gasteiger partial charge in [-0.15, -0.1) is 0 Å². The molecule has 1 rings (SSSR count). The summed E-state index contributed by atoms with van der Waals surface area (Å²) in [6.45, 7) is 3.88. The molecule has 0 saturated carbocycles. The van der Waals surface area contributed by atoms with Crippen molar-refractivity contribution in [2.75, 3.05) is 45.8 Å².